The van der Waals surface area contributed by atoms with Crippen LogP contribution in [0.1, 0.15) is 15.9 Å². The van der Waals surface area contributed by atoms with E-state index in [4.69, 9.17) is 11.6 Å². The molecule has 0 aliphatic carbocycles. The van der Waals surface area contributed by atoms with E-state index in [1.54, 1.807) is 48.8 Å². The number of nitrogens with zero attached hydrogens (tertiary/aromatic N) is 3. The Kier molecular flexibility index (Phi) is 4.98. The average Bonchev–Trinajstić information content (AvgIpc) is 2.62. The Morgan fingerprint density at radius 3 is 2.25 bits per heavy atom. The van der Waals surface area contributed by atoms with Crippen molar-refractivity contribution in [2.75, 3.05) is 10.6 Å². The van der Waals surface area contributed by atoms with Gasteiger partial charge in [-0.15, -0.1) is 10.2 Å². The third-order valence-electron chi connectivity index (χ3n) is 3.24. The highest BCUT2D eigenvalue weighted by molar-refractivity contribution is 6.30. The monoisotopic (exact) mass is 339 g/mol. The fourth-order valence-electron chi connectivity index (χ4n) is 1.98. The van der Waals surface area contributed by atoms with E-state index in [2.05, 4.69) is 25.8 Å². The second-order valence-electron chi connectivity index (χ2n) is 4.97. The molecule has 1 amide bonds. The summed E-state index contributed by atoms with van der Waals surface area (Å²) in [5.74, 6) is 0.735. The molecule has 0 spiro atoms. The summed E-state index contributed by atoms with van der Waals surface area (Å²) in [6.45, 7) is 0.619. The van der Waals surface area contributed by atoms with Crippen molar-refractivity contribution >= 4 is 29.1 Å². The summed E-state index contributed by atoms with van der Waals surface area (Å²) in [7, 11) is 0. The van der Waals surface area contributed by atoms with E-state index in [9.17, 15) is 4.79 Å². The van der Waals surface area contributed by atoms with Crippen molar-refractivity contribution in [3.8, 4) is 0 Å². The standard InChI is InChI=1S/C17H14ClN5O/c18-14-3-1-13(2-4-14)17(24)21-16-6-5-15(22-23-16)20-11-12-7-9-19-10-8-12/h1-10H,11H2,(H,20,22)(H,21,23,24). The van der Waals surface area contributed by atoms with Gasteiger partial charge in [0.15, 0.2) is 5.82 Å². The van der Waals surface area contributed by atoms with Gasteiger partial charge < -0.3 is 10.6 Å². The van der Waals surface area contributed by atoms with Crippen LogP contribution in [0.3, 0.4) is 0 Å². The molecular weight excluding hydrogens is 326 g/mol. The number of nitrogens with one attached hydrogen (secondary N) is 2. The van der Waals surface area contributed by atoms with Gasteiger partial charge in [0.05, 0.1) is 0 Å². The first-order chi connectivity index (χ1) is 11.7. The van der Waals surface area contributed by atoms with Crippen LogP contribution in [-0.4, -0.2) is 21.1 Å². The molecule has 3 rings (SSSR count). The van der Waals surface area contributed by atoms with Gasteiger partial charge in [-0.25, -0.2) is 0 Å². The highest BCUT2D eigenvalue weighted by Gasteiger charge is 2.07. The molecule has 0 fully saturated rings. The summed E-state index contributed by atoms with van der Waals surface area (Å²) >= 11 is 5.80. The Balaban J connectivity index is 1.58. The van der Waals surface area contributed by atoms with Gasteiger partial charge >= 0.3 is 0 Å². The van der Waals surface area contributed by atoms with Gasteiger partial charge in [0.2, 0.25) is 0 Å². The molecule has 0 saturated carbocycles. The molecule has 3 aromatic rings. The van der Waals surface area contributed by atoms with Gasteiger partial charge in [0, 0.05) is 29.5 Å². The molecule has 2 aromatic heterocycles. The number of benzene rings is 1. The molecule has 0 atom stereocenters. The molecule has 0 radical (unpaired) electrons. The first kappa shape index (κ1) is 15.9. The Labute approximate surface area is 143 Å². The zero-order chi connectivity index (χ0) is 16.8. The minimum atomic E-state index is -0.265. The Morgan fingerprint density at radius 2 is 1.58 bits per heavy atom. The van der Waals surface area contributed by atoms with Crippen LogP contribution in [0.4, 0.5) is 11.6 Å². The molecule has 1 aromatic carbocycles. The van der Waals surface area contributed by atoms with Crippen LogP contribution in [0.2, 0.25) is 5.02 Å². The molecule has 120 valence electrons. The van der Waals surface area contributed by atoms with Crippen molar-refractivity contribution in [3.63, 3.8) is 0 Å². The van der Waals surface area contributed by atoms with Crippen molar-refractivity contribution in [3.05, 3.63) is 77.1 Å². The molecule has 0 aliphatic rings. The zero-order valence-electron chi connectivity index (χ0n) is 12.6. The summed E-state index contributed by atoms with van der Waals surface area (Å²) in [5.41, 5.74) is 1.59. The number of anilines is 2. The minimum absolute atomic E-state index is 0.265. The number of hydrogen-bond acceptors (Lipinski definition) is 5. The SMILES string of the molecule is O=C(Nc1ccc(NCc2ccncc2)nn1)c1ccc(Cl)cc1. The van der Waals surface area contributed by atoms with E-state index >= 15 is 0 Å². The lowest BCUT2D eigenvalue weighted by atomic mass is 10.2. The van der Waals surface area contributed by atoms with Crippen molar-refractivity contribution in [2.24, 2.45) is 0 Å². The third kappa shape index (κ3) is 4.27. The van der Waals surface area contributed by atoms with Crippen LogP contribution in [0, 0.1) is 0 Å². The van der Waals surface area contributed by atoms with Crippen LogP contribution in [0.15, 0.2) is 60.9 Å². The highest BCUT2D eigenvalue weighted by atomic mass is 35.5. The average molecular weight is 340 g/mol. The highest BCUT2D eigenvalue weighted by Crippen LogP contribution is 2.12. The summed E-state index contributed by atoms with van der Waals surface area (Å²) in [6.07, 6.45) is 3.47. The van der Waals surface area contributed by atoms with Crippen LogP contribution in [0.5, 0.6) is 0 Å². The normalized spacial score (nSPS) is 10.2. The van der Waals surface area contributed by atoms with Crippen molar-refractivity contribution in [1.29, 1.82) is 0 Å². The topological polar surface area (TPSA) is 79.8 Å². The number of carbonyl (C=O) groups excluding carboxylic acids is 1. The molecule has 24 heavy (non-hydrogen) atoms. The maximum absolute atomic E-state index is 12.1. The van der Waals surface area contributed by atoms with Gasteiger partial charge in [-0.05, 0) is 54.1 Å². The van der Waals surface area contributed by atoms with E-state index < -0.39 is 0 Å². The molecule has 7 heteroatoms. The largest absolute Gasteiger partial charge is 0.365 e. The van der Waals surface area contributed by atoms with Gasteiger partial charge in [-0.2, -0.15) is 0 Å². The molecule has 6 nitrogen and oxygen atoms in total. The summed E-state index contributed by atoms with van der Waals surface area (Å²) in [6, 6.07) is 13.9. The third-order valence-corrected chi connectivity index (χ3v) is 3.49. The second-order valence-corrected chi connectivity index (χ2v) is 5.41. The van der Waals surface area contributed by atoms with E-state index in [0.29, 0.717) is 28.8 Å². The lowest BCUT2D eigenvalue weighted by Crippen LogP contribution is -2.13. The van der Waals surface area contributed by atoms with Gasteiger partial charge in [-0.1, -0.05) is 11.6 Å². The van der Waals surface area contributed by atoms with Crippen LogP contribution in [0.25, 0.3) is 0 Å². The van der Waals surface area contributed by atoms with E-state index in [1.807, 2.05) is 12.1 Å². The number of pyridine rings is 1. The van der Waals surface area contributed by atoms with E-state index in [1.165, 1.54) is 0 Å². The molecule has 2 N–H and O–H groups in total. The van der Waals surface area contributed by atoms with Crippen LogP contribution < -0.4 is 10.6 Å². The van der Waals surface area contributed by atoms with Crippen molar-refractivity contribution < 1.29 is 4.79 Å². The Morgan fingerprint density at radius 1 is 0.917 bits per heavy atom. The molecule has 0 unspecified atom stereocenters. The van der Waals surface area contributed by atoms with E-state index in [0.717, 1.165) is 5.56 Å². The quantitative estimate of drug-likeness (QED) is 0.744. The summed E-state index contributed by atoms with van der Waals surface area (Å²) < 4.78 is 0. The summed E-state index contributed by atoms with van der Waals surface area (Å²) in [4.78, 5) is 16.0. The number of rotatable bonds is 5. The number of halogens is 1. The van der Waals surface area contributed by atoms with Gasteiger partial charge in [-0.3, -0.25) is 9.78 Å². The smallest absolute Gasteiger partial charge is 0.256 e. The van der Waals surface area contributed by atoms with E-state index in [-0.39, 0.29) is 5.91 Å². The van der Waals surface area contributed by atoms with Gasteiger partial charge in [0.25, 0.3) is 5.91 Å². The molecule has 0 saturated heterocycles. The molecule has 2 heterocycles. The molecular formula is C17H14ClN5O. The van der Waals surface area contributed by atoms with Crippen molar-refractivity contribution in [1.82, 2.24) is 15.2 Å². The lowest BCUT2D eigenvalue weighted by Gasteiger charge is -2.07. The number of hydrogen-bond donors (Lipinski definition) is 2. The first-order valence-electron chi connectivity index (χ1n) is 7.24. The number of amides is 1. The maximum Gasteiger partial charge on any atom is 0.256 e. The molecule has 0 aliphatic heterocycles. The lowest BCUT2D eigenvalue weighted by molar-refractivity contribution is 0.102. The maximum atomic E-state index is 12.1. The Hall–Kier alpha value is -2.99. The van der Waals surface area contributed by atoms with Crippen molar-refractivity contribution in [2.45, 2.75) is 6.54 Å². The zero-order valence-corrected chi connectivity index (χ0v) is 13.4. The Bertz CT molecular complexity index is 807. The fourth-order valence-corrected chi connectivity index (χ4v) is 2.10. The number of carbonyl (C=O) groups is 1. The van der Waals surface area contributed by atoms with Gasteiger partial charge in [0.1, 0.15) is 5.82 Å². The second kappa shape index (κ2) is 7.52. The predicted molar refractivity (Wildman–Crippen MR) is 93.0 cm³/mol. The predicted octanol–water partition coefficient (Wildman–Crippen LogP) is 3.39. The summed E-state index contributed by atoms with van der Waals surface area (Å²) in [5, 5.41) is 14.5. The minimum Gasteiger partial charge on any atom is -0.365 e. The first-order valence-corrected chi connectivity index (χ1v) is 7.62. The fraction of sp³-hybridized carbons (Fsp3) is 0.0588. The molecule has 0 bridgehead atoms. The number of aromatic nitrogens is 3. The van der Waals surface area contributed by atoms with Crippen LogP contribution in [-0.2, 0) is 6.54 Å². The van der Waals surface area contributed by atoms with Crippen LogP contribution >= 0.6 is 11.6 Å².